The van der Waals surface area contributed by atoms with Crippen molar-refractivity contribution in [3.63, 3.8) is 0 Å². The van der Waals surface area contributed by atoms with Gasteiger partial charge in [0.1, 0.15) is 17.7 Å². The fraction of sp³-hybridized carbons (Fsp3) is 0.571. The standard InChI is InChI=1S/C14H19ClFNO/c1-9(2)14(10-3-4-17-8-10)18-13-6-11(15)5-12(16)7-13/h5-7,9-10,14,17H,3-4,8H2,1-2H3/t10-,14-/m1/s1. The van der Waals surface area contributed by atoms with Crippen LogP contribution >= 0.6 is 11.6 Å². The predicted molar refractivity (Wildman–Crippen MR) is 71.6 cm³/mol. The molecule has 1 fully saturated rings. The SMILES string of the molecule is CC(C)[C@@H](Oc1cc(F)cc(Cl)c1)[C@@H]1CCNC1. The van der Waals surface area contributed by atoms with Gasteiger partial charge < -0.3 is 10.1 Å². The molecule has 4 heteroatoms. The quantitative estimate of drug-likeness (QED) is 0.905. The van der Waals surface area contributed by atoms with Crippen LogP contribution in [-0.2, 0) is 0 Å². The second-order valence-electron chi connectivity index (χ2n) is 5.18. The van der Waals surface area contributed by atoms with Gasteiger partial charge in [0.25, 0.3) is 0 Å². The van der Waals surface area contributed by atoms with E-state index < -0.39 is 0 Å². The number of hydrogen-bond donors (Lipinski definition) is 1. The Kier molecular flexibility index (Phi) is 4.46. The van der Waals surface area contributed by atoms with Gasteiger partial charge in [0, 0.05) is 23.6 Å². The summed E-state index contributed by atoms with van der Waals surface area (Å²) in [5, 5.41) is 3.71. The number of ether oxygens (including phenoxy) is 1. The first-order valence-electron chi connectivity index (χ1n) is 6.39. The van der Waals surface area contributed by atoms with Crippen LogP contribution in [0.1, 0.15) is 20.3 Å². The molecule has 100 valence electrons. The molecule has 2 atom stereocenters. The topological polar surface area (TPSA) is 21.3 Å². The summed E-state index contributed by atoms with van der Waals surface area (Å²) in [5.74, 6) is 1.03. The summed E-state index contributed by atoms with van der Waals surface area (Å²) in [7, 11) is 0. The number of halogens is 2. The van der Waals surface area contributed by atoms with Crippen molar-refractivity contribution < 1.29 is 9.13 Å². The van der Waals surface area contributed by atoms with E-state index in [1.165, 1.54) is 12.1 Å². The molecule has 0 aromatic heterocycles. The van der Waals surface area contributed by atoms with Crippen molar-refractivity contribution in [1.29, 1.82) is 0 Å². The zero-order valence-corrected chi connectivity index (χ0v) is 11.5. The Balaban J connectivity index is 2.12. The Hall–Kier alpha value is -0.800. The van der Waals surface area contributed by atoms with E-state index in [-0.39, 0.29) is 11.9 Å². The summed E-state index contributed by atoms with van der Waals surface area (Å²) in [6, 6.07) is 4.35. The molecule has 0 aliphatic carbocycles. The average molecular weight is 272 g/mol. The van der Waals surface area contributed by atoms with Crippen LogP contribution in [0.25, 0.3) is 0 Å². The van der Waals surface area contributed by atoms with E-state index in [0.717, 1.165) is 19.5 Å². The van der Waals surface area contributed by atoms with Gasteiger partial charge in [0.15, 0.2) is 0 Å². The number of rotatable bonds is 4. The minimum absolute atomic E-state index is 0.0952. The summed E-state index contributed by atoms with van der Waals surface area (Å²) in [6.07, 6.45) is 1.20. The molecule has 0 radical (unpaired) electrons. The van der Waals surface area contributed by atoms with Crippen LogP contribution in [0.3, 0.4) is 0 Å². The fourth-order valence-corrected chi connectivity index (χ4v) is 2.70. The highest BCUT2D eigenvalue weighted by Gasteiger charge is 2.29. The number of nitrogens with one attached hydrogen (secondary N) is 1. The molecule has 18 heavy (non-hydrogen) atoms. The zero-order chi connectivity index (χ0) is 13.1. The van der Waals surface area contributed by atoms with Crippen LogP contribution in [0.5, 0.6) is 5.75 Å². The second kappa shape index (κ2) is 5.89. The van der Waals surface area contributed by atoms with Gasteiger partial charge in [-0.15, -0.1) is 0 Å². The Bertz CT molecular complexity index is 385. The molecule has 1 N–H and O–H groups in total. The third-order valence-corrected chi connectivity index (χ3v) is 3.55. The van der Waals surface area contributed by atoms with Crippen molar-refractivity contribution >= 4 is 11.6 Å². The normalized spacial score (nSPS) is 21.3. The first-order chi connectivity index (χ1) is 8.56. The van der Waals surface area contributed by atoms with Crippen LogP contribution < -0.4 is 10.1 Å². The largest absolute Gasteiger partial charge is 0.490 e. The first kappa shape index (κ1) is 13.6. The van der Waals surface area contributed by atoms with Crippen LogP contribution in [0.15, 0.2) is 18.2 Å². The minimum Gasteiger partial charge on any atom is -0.490 e. The first-order valence-corrected chi connectivity index (χ1v) is 6.77. The summed E-state index contributed by atoms with van der Waals surface area (Å²) < 4.78 is 19.2. The summed E-state index contributed by atoms with van der Waals surface area (Å²) >= 11 is 5.84. The highest BCUT2D eigenvalue weighted by atomic mass is 35.5. The van der Waals surface area contributed by atoms with Crippen LogP contribution in [0.4, 0.5) is 4.39 Å². The Morgan fingerprint density at radius 1 is 1.39 bits per heavy atom. The smallest absolute Gasteiger partial charge is 0.128 e. The lowest BCUT2D eigenvalue weighted by Gasteiger charge is -2.27. The average Bonchev–Trinajstić information content (AvgIpc) is 2.77. The monoisotopic (exact) mass is 271 g/mol. The van der Waals surface area contributed by atoms with E-state index in [1.807, 2.05) is 0 Å². The third kappa shape index (κ3) is 3.36. The lowest BCUT2D eigenvalue weighted by Crippen LogP contribution is -2.33. The van der Waals surface area contributed by atoms with Gasteiger partial charge in [-0.25, -0.2) is 4.39 Å². The van der Waals surface area contributed by atoms with Crippen molar-refractivity contribution in [2.45, 2.75) is 26.4 Å². The van der Waals surface area contributed by atoms with Crippen molar-refractivity contribution in [1.82, 2.24) is 5.32 Å². The second-order valence-corrected chi connectivity index (χ2v) is 5.62. The molecule has 0 bridgehead atoms. The predicted octanol–water partition coefficient (Wildman–Crippen LogP) is 3.49. The molecule has 2 nitrogen and oxygen atoms in total. The van der Waals surface area contributed by atoms with E-state index >= 15 is 0 Å². The zero-order valence-electron chi connectivity index (χ0n) is 10.7. The molecular formula is C14H19ClFNO. The molecule has 0 spiro atoms. The molecule has 1 aromatic carbocycles. The van der Waals surface area contributed by atoms with Crippen LogP contribution in [-0.4, -0.2) is 19.2 Å². The lowest BCUT2D eigenvalue weighted by molar-refractivity contribution is 0.0970. The fourth-order valence-electron chi connectivity index (χ4n) is 2.49. The molecule has 2 rings (SSSR count). The van der Waals surface area contributed by atoms with Gasteiger partial charge in [0.2, 0.25) is 0 Å². The molecular weight excluding hydrogens is 253 g/mol. The highest BCUT2D eigenvalue weighted by Crippen LogP contribution is 2.27. The molecule has 0 unspecified atom stereocenters. The van der Waals surface area contributed by atoms with Crippen molar-refractivity contribution in [3.8, 4) is 5.75 Å². The molecule has 1 aliphatic heterocycles. The van der Waals surface area contributed by atoms with Gasteiger partial charge in [-0.3, -0.25) is 0 Å². The molecule has 1 aromatic rings. The van der Waals surface area contributed by atoms with E-state index in [1.54, 1.807) is 6.07 Å². The third-order valence-electron chi connectivity index (χ3n) is 3.33. The molecule has 1 heterocycles. The minimum atomic E-state index is -0.357. The van der Waals surface area contributed by atoms with Gasteiger partial charge in [-0.05, 0) is 31.0 Å². The van der Waals surface area contributed by atoms with Crippen molar-refractivity contribution in [3.05, 3.63) is 29.0 Å². The van der Waals surface area contributed by atoms with E-state index in [9.17, 15) is 4.39 Å². The maximum Gasteiger partial charge on any atom is 0.128 e. The Labute approximate surface area is 112 Å². The summed E-state index contributed by atoms with van der Waals surface area (Å²) in [6.45, 7) is 6.25. The van der Waals surface area contributed by atoms with Gasteiger partial charge >= 0.3 is 0 Å². The van der Waals surface area contributed by atoms with E-state index in [4.69, 9.17) is 16.3 Å². The molecule has 0 saturated carbocycles. The van der Waals surface area contributed by atoms with Crippen molar-refractivity contribution in [2.24, 2.45) is 11.8 Å². The summed E-state index contributed by atoms with van der Waals surface area (Å²) in [5.41, 5.74) is 0. The van der Waals surface area contributed by atoms with Gasteiger partial charge in [-0.2, -0.15) is 0 Å². The van der Waals surface area contributed by atoms with Crippen LogP contribution in [0.2, 0.25) is 5.02 Å². The van der Waals surface area contributed by atoms with Gasteiger partial charge in [0.05, 0.1) is 0 Å². The van der Waals surface area contributed by atoms with E-state index in [2.05, 4.69) is 19.2 Å². The summed E-state index contributed by atoms with van der Waals surface area (Å²) in [4.78, 5) is 0. The highest BCUT2D eigenvalue weighted by molar-refractivity contribution is 6.30. The van der Waals surface area contributed by atoms with E-state index in [0.29, 0.717) is 22.6 Å². The number of hydrogen-bond acceptors (Lipinski definition) is 2. The molecule has 1 saturated heterocycles. The van der Waals surface area contributed by atoms with Crippen LogP contribution in [0, 0.1) is 17.7 Å². The molecule has 0 amide bonds. The lowest BCUT2D eigenvalue weighted by atomic mass is 9.92. The number of benzene rings is 1. The molecule has 1 aliphatic rings. The Morgan fingerprint density at radius 3 is 2.72 bits per heavy atom. The maximum atomic E-state index is 13.3. The van der Waals surface area contributed by atoms with Gasteiger partial charge in [-0.1, -0.05) is 25.4 Å². The Morgan fingerprint density at radius 2 is 2.17 bits per heavy atom. The maximum absolute atomic E-state index is 13.3. The van der Waals surface area contributed by atoms with Crippen molar-refractivity contribution in [2.75, 3.05) is 13.1 Å².